The molecule has 3 rings (SSSR count). The largest absolute Gasteiger partial charge is 0.396 e. The fourth-order valence-electron chi connectivity index (χ4n) is 4.94. The number of carbonyl (C=O) groups excluding carboxylic acids is 3. The predicted molar refractivity (Wildman–Crippen MR) is 182 cm³/mol. The number of rotatable bonds is 15. The van der Waals surface area contributed by atoms with Gasteiger partial charge in [0.15, 0.2) is 0 Å². The fraction of sp³-hybridized carbons (Fsp3) is 0.432. The van der Waals surface area contributed by atoms with Crippen LogP contribution in [-0.4, -0.2) is 84.5 Å². The molecule has 0 aromatic heterocycles. The SMILES string of the molecule is CNC(C)(C)C/C=C/C(=O)N(C)[C@H](Cc1ccc2ccccc2c1)C(=O)N(C)[C@H](Cc1ccccc1)C(=O)NCC(C)(C)CO. The Morgan fingerprint density at radius 1 is 0.822 bits per heavy atom. The molecule has 0 aliphatic rings. The lowest BCUT2D eigenvalue weighted by Crippen LogP contribution is -2.56. The molecule has 8 heteroatoms. The monoisotopic (exact) mass is 614 g/mol. The first kappa shape index (κ1) is 35.5. The van der Waals surface area contributed by atoms with Gasteiger partial charge in [0.1, 0.15) is 12.1 Å². The minimum Gasteiger partial charge on any atom is -0.396 e. The summed E-state index contributed by atoms with van der Waals surface area (Å²) in [5.41, 5.74) is 1.12. The summed E-state index contributed by atoms with van der Waals surface area (Å²) in [6.07, 6.45) is 4.56. The third-order valence-electron chi connectivity index (χ3n) is 8.47. The van der Waals surface area contributed by atoms with Gasteiger partial charge in [0.2, 0.25) is 17.7 Å². The van der Waals surface area contributed by atoms with E-state index in [-0.39, 0.29) is 42.8 Å². The Labute approximate surface area is 268 Å². The van der Waals surface area contributed by atoms with Crippen LogP contribution in [0, 0.1) is 5.41 Å². The third kappa shape index (κ3) is 10.3. The van der Waals surface area contributed by atoms with E-state index in [4.69, 9.17) is 0 Å². The Kier molecular flexibility index (Phi) is 12.5. The third-order valence-corrected chi connectivity index (χ3v) is 8.47. The Morgan fingerprint density at radius 2 is 1.44 bits per heavy atom. The van der Waals surface area contributed by atoms with E-state index in [9.17, 15) is 19.5 Å². The number of nitrogens with one attached hydrogen (secondary N) is 2. The molecule has 0 unspecified atom stereocenters. The van der Waals surface area contributed by atoms with E-state index in [1.54, 1.807) is 14.1 Å². The van der Waals surface area contributed by atoms with E-state index < -0.39 is 17.5 Å². The number of fused-ring (bicyclic) bond motifs is 1. The van der Waals surface area contributed by atoms with Gasteiger partial charge >= 0.3 is 0 Å². The van der Waals surface area contributed by atoms with E-state index in [1.165, 1.54) is 15.9 Å². The summed E-state index contributed by atoms with van der Waals surface area (Å²) in [4.78, 5) is 44.5. The molecule has 0 radical (unpaired) electrons. The second kappa shape index (κ2) is 15.8. The quantitative estimate of drug-likeness (QED) is 0.221. The Bertz CT molecular complexity index is 1470. The molecule has 242 valence electrons. The summed E-state index contributed by atoms with van der Waals surface area (Å²) < 4.78 is 0. The molecule has 0 aliphatic heterocycles. The molecule has 3 aromatic carbocycles. The van der Waals surface area contributed by atoms with Gasteiger partial charge in [0.05, 0.1) is 0 Å². The lowest BCUT2D eigenvalue weighted by Gasteiger charge is -2.35. The van der Waals surface area contributed by atoms with E-state index >= 15 is 0 Å². The lowest BCUT2D eigenvalue weighted by molar-refractivity contribution is -0.146. The molecule has 0 fully saturated rings. The van der Waals surface area contributed by atoms with Crippen molar-refractivity contribution in [1.29, 1.82) is 0 Å². The normalized spacial score (nSPS) is 13.4. The van der Waals surface area contributed by atoms with Crippen LogP contribution in [0.15, 0.2) is 84.9 Å². The molecular weight excluding hydrogens is 564 g/mol. The molecule has 45 heavy (non-hydrogen) atoms. The highest BCUT2D eigenvalue weighted by molar-refractivity contribution is 5.95. The number of carbonyl (C=O) groups is 3. The van der Waals surface area contributed by atoms with Crippen molar-refractivity contribution in [3.63, 3.8) is 0 Å². The zero-order valence-electron chi connectivity index (χ0n) is 27.8. The van der Waals surface area contributed by atoms with Crippen LogP contribution in [0.5, 0.6) is 0 Å². The predicted octanol–water partition coefficient (Wildman–Crippen LogP) is 4.36. The maximum atomic E-state index is 14.4. The molecule has 3 N–H and O–H groups in total. The van der Waals surface area contributed by atoms with Gasteiger partial charge in [-0.1, -0.05) is 92.7 Å². The first-order valence-electron chi connectivity index (χ1n) is 15.6. The maximum absolute atomic E-state index is 14.4. The van der Waals surface area contributed by atoms with E-state index in [0.717, 1.165) is 21.9 Å². The number of benzene rings is 3. The molecule has 8 nitrogen and oxygen atoms in total. The smallest absolute Gasteiger partial charge is 0.246 e. The van der Waals surface area contributed by atoms with Gasteiger partial charge in [-0.25, -0.2) is 0 Å². The Morgan fingerprint density at radius 3 is 2.09 bits per heavy atom. The molecule has 0 saturated carbocycles. The van der Waals surface area contributed by atoms with Gasteiger partial charge < -0.3 is 25.5 Å². The molecule has 0 saturated heterocycles. The van der Waals surface area contributed by atoms with E-state index in [0.29, 0.717) is 12.8 Å². The molecule has 0 bridgehead atoms. The summed E-state index contributed by atoms with van der Waals surface area (Å²) in [5, 5.41) is 18.0. The maximum Gasteiger partial charge on any atom is 0.246 e. The number of hydrogen-bond acceptors (Lipinski definition) is 5. The van der Waals surface area contributed by atoms with Crippen LogP contribution in [0.1, 0.15) is 45.2 Å². The zero-order valence-corrected chi connectivity index (χ0v) is 27.8. The van der Waals surface area contributed by atoms with Gasteiger partial charge in [-0.15, -0.1) is 0 Å². The van der Waals surface area contributed by atoms with Crippen LogP contribution in [0.4, 0.5) is 0 Å². The molecule has 3 amide bonds. The molecule has 0 heterocycles. The summed E-state index contributed by atoms with van der Waals surface area (Å²) in [7, 11) is 5.15. The van der Waals surface area contributed by atoms with Crippen molar-refractivity contribution < 1.29 is 19.5 Å². The second-order valence-electron chi connectivity index (χ2n) is 13.3. The van der Waals surface area contributed by atoms with Crippen molar-refractivity contribution in [1.82, 2.24) is 20.4 Å². The number of nitrogens with zero attached hydrogens (tertiary/aromatic N) is 2. The van der Waals surface area contributed by atoms with Crippen LogP contribution in [0.25, 0.3) is 10.8 Å². The summed E-state index contributed by atoms with van der Waals surface area (Å²) in [6, 6.07) is 21.9. The molecular formula is C37H50N4O4. The average Bonchev–Trinajstić information content (AvgIpc) is 3.04. The first-order valence-corrected chi connectivity index (χ1v) is 15.6. The number of amides is 3. The van der Waals surface area contributed by atoms with Gasteiger partial charge in [-0.3, -0.25) is 14.4 Å². The van der Waals surface area contributed by atoms with Gasteiger partial charge in [0, 0.05) is 51.0 Å². The highest BCUT2D eigenvalue weighted by atomic mass is 16.3. The zero-order chi connectivity index (χ0) is 33.2. The highest BCUT2D eigenvalue weighted by Gasteiger charge is 2.35. The van der Waals surface area contributed by atoms with Gasteiger partial charge in [0.25, 0.3) is 0 Å². The Hall–Kier alpha value is -4.01. The minimum atomic E-state index is -0.856. The van der Waals surface area contributed by atoms with Gasteiger partial charge in [-0.05, 0) is 55.3 Å². The summed E-state index contributed by atoms with van der Waals surface area (Å²) in [6.45, 7) is 7.98. The Balaban J connectivity index is 1.96. The van der Waals surface area contributed by atoms with E-state index in [2.05, 4.69) is 10.6 Å². The van der Waals surface area contributed by atoms with Crippen molar-refractivity contribution in [3.05, 3.63) is 96.1 Å². The standard InChI is InChI=1S/C37H50N4O4/c1-36(2,26-42)25-39-34(44)31(23-27-14-9-8-10-15-27)41(7)35(45)32(40(6)33(43)18-13-21-37(3,4)38-5)24-28-19-20-29-16-11-12-17-30(29)22-28/h8-20,22,31-32,38,42H,21,23-26H2,1-7H3,(H,39,44)/b18-13+/t31-,32-/m1/s1. The summed E-state index contributed by atoms with van der Waals surface area (Å²) >= 11 is 0. The van der Waals surface area contributed by atoms with Crippen molar-refractivity contribution in [2.75, 3.05) is 34.3 Å². The van der Waals surface area contributed by atoms with Crippen molar-refractivity contribution in [3.8, 4) is 0 Å². The summed E-state index contributed by atoms with van der Waals surface area (Å²) in [5.74, 6) is -0.937. The number of aliphatic hydroxyl groups excluding tert-OH is 1. The molecule has 3 aromatic rings. The second-order valence-corrected chi connectivity index (χ2v) is 13.3. The van der Waals surface area contributed by atoms with Crippen LogP contribution < -0.4 is 10.6 Å². The molecule has 0 aliphatic carbocycles. The number of aliphatic hydroxyl groups is 1. The number of hydrogen-bond donors (Lipinski definition) is 3. The lowest BCUT2D eigenvalue weighted by atomic mass is 9.94. The molecule has 2 atom stereocenters. The molecule has 0 spiro atoms. The van der Waals surface area contributed by atoms with Crippen molar-refractivity contribution in [2.45, 2.75) is 64.6 Å². The van der Waals surface area contributed by atoms with Gasteiger partial charge in [-0.2, -0.15) is 0 Å². The van der Waals surface area contributed by atoms with Crippen molar-refractivity contribution in [2.24, 2.45) is 5.41 Å². The minimum absolute atomic E-state index is 0.0921. The van der Waals surface area contributed by atoms with Crippen LogP contribution in [0.2, 0.25) is 0 Å². The first-order chi connectivity index (χ1) is 21.3. The van der Waals surface area contributed by atoms with Crippen LogP contribution >= 0.6 is 0 Å². The topological polar surface area (TPSA) is 102 Å². The highest BCUT2D eigenvalue weighted by Crippen LogP contribution is 2.21. The fourth-order valence-corrected chi connectivity index (χ4v) is 4.94. The average molecular weight is 615 g/mol. The van der Waals surface area contributed by atoms with Crippen LogP contribution in [0.3, 0.4) is 0 Å². The van der Waals surface area contributed by atoms with Crippen molar-refractivity contribution >= 4 is 28.5 Å². The number of likely N-dealkylation sites (N-methyl/N-ethyl adjacent to an activating group) is 2. The van der Waals surface area contributed by atoms with E-state index in [1.807, 2.05) is 114 Å². The van der Waals surface area contributed by atoms with Crippen LogP contribution in [-0.2, 0) is 27.2 Å².